The number of nitrogens with one attached hydrogen (secondary N) is 1. The molecule has 0 atom stereocenters. The lowest BCUT2D eigenvalue weighted by molar-refractivity contribution is -0.130. The number of para-hydroxylation sites is 1. The molecule has 3 heterocycles. The Hall–Kier alpha value is -3.38. The van der Waals surface area contributed by atoms with Gasteiger partial charge in [-0.3, -0.25) is 9.69 Å². The monoisotopic (exact) mass is 457 g/mol. The fourth-order valence-corrected chi connectivity index (χ4v) is 5.45. The highest BCUT2D eigenvalue weighted by Gasteiger charge is 2.37. The van der Waals surface area contributed by atoms with Crippen molar-refractivity contribution in [2.45, 2.75) is 45.1 Å². The van der Waals surface area contributed by atoms with E-state index in [9.17, 15) is 14.7 Å². The van der Waals surface area contributed by atoms with E-state index < -0.39 is 11.4 Å². The van der Waals surface area contributed by atoms with E-state index in [1.54, 1.807) is 4.90 Å². The zero-order valence-electron chi connectivity index (χ0n) is 19.8. The third kappa shape index (κ3) is 4.14. The fourth-order valence-electron chi connectivity index (χ4n) is 5.45. The van der Waals surface area contributed by atoms with Gasteiger partial charge in [0.1, 0.15) is 0 Å². The highest BCUT2D eigenvalue weighted by Crippen LogP contribution is 2.40. The van der Waals surface area contributed by atoms with E-state index in [0.717, 1.165) is 41.7 Å². The summed E-state index contributed by atoms with van der Waals surface area (Å²) in [5.41, 5.74) is 3.76. The van der Waals surface area contributed by atoms with Gasteiger partial charge in [0, 0.05) is 41.2 Å². The zero-order chi connectivity index (χ0) is 23.9. The third-order valence-electron chi connectivity index (χ3n) is 7.02. The molecule has 5 rings (SSSR count). The van der Waals surface area contributed by atoms with Crippen molar-refractivity contribution in [1.29, 1.82) is 0 Å². The van der Waals surface area contributed by atoms with Crippen molar-refractivity contribution in [3.63, 3.8) is 0 Å². The van der Waals surface area contributed by atoms with Crippen LogP contribution < -0.4 is 0 Å². The van der Waals surface area contributed by atoms with Crippen LogP contribution in [-0.4, -0.2) is 51.4 Å². The van der Waals surface area contributed by atoms with E-state index in [1.165, 1.54) is 25.5 Å². The van der Waals surface area contributed by atoms with Crippen LogP contribution in [0.25, 0.3) is 16.5 Å². The molecule has 1 saturated heterocycles. The Morgan fingerprint density at radius 1 is 1.03 bits per heavy atom. The van der Waals surface area contributed by atoms with Crippen molar-refractivity contribution in [3.8, 4) is 0 Å². The molecule has 2 aromatic carbocycles. The van der Waals surface area contributed by atoms with Gasteiger partial charge >= 0.3 is 5.97 Å². The van der Waals surface area contributed by atoms with Crippen molar-refractivity contribution in [3.05, 3.63) is 77.1 Å². The topological polar surface area (TPSA) is 76.6 Å². The molecular formula is C28H31N3O3. The van der Waals surface area contributed by atoms with E-state index in [4.69, 9.17) is 0 Å². The first-order valence-corrected chi connectivity index (χ1v) is 12.0. The summed E-state index contributed by atoms with van der Waals surface area (Å²) < 4.78 is 0. The largest absolute Gasteiger partial charge is 0.478 e. The van der Waals surface area contributed by atoms with E-state index in [1.807, 2.05) is 42.5 Å². The molecule has 1 amide bonds. The van der Waals surface area contributed by atoms with Gasteiger partial charge in [0.25, 0.3) is 5.91 Å². The lowest BCUT2D eigenvalue weighted by Gasteiger charge is -2.30. The van der Waals surface area contributed by atoms with Crippen LogP contribution in [0.15, 0.2) is 54.7 Å². The Morgan fingerprint density at radius 3 is 2.56 bits per heavy atom. The number of carbonyl (C=O) groups is 2. The van der Waals surface area contributed by atoms with Gasteiger partial charge in [-0.05, 0) is 55.3 Å². The van der Waals surface area contributed by atoms with E-state index in [-0.39, 0.29) is 11.5 Å². The highest BCUT2D eigenvalue weighted by molar-refractivity contribution is 6.17. The number of hydrogen-bond donors (Lipinski definition) is 2. The van der Waals surface area contributed by atoms with Gasteiger partial charge in [-0.2, -0.15) is 0 Å². The standard InChI is InChI=1S/C28H31N3O3/c1-28(2)18-31(17-22(27(33)34)25-24(28)21-11-4-5-12-23(21)29-25)26(32)20-10-8-9-19(15-20)16-30-13-6-3-7-14-30/h4-5,8-12,15,17,29H,3,6-7,13-14,16,18H2,1-2H3,(H,33,34). The summed E-state index contributed by atoms with van der Waals surface area (Å²) in [6.45, 7) is 7.53. The number of aromatic nitrogens is 1. The smallest absolute Gasteiger partial charge is 0.339 e. The van der Waals surface area contributed by atoms with Gasteiger partial charge in [0.2, 0.25) is 0 Å². The molecule has 0 unspecified atom stereocenters. The summed E-state index contributed by atoms with van der Waals surface area (Å²) in [5, 5.41) is 11.1. The Kier molecular flexibility index (Phi) is 5.78. The van der Waals surface area contributed by atoms with Crippen LogP contribution in [0.5, 0.6) is 0 Å². The lowest BCUT2D eigenvalue weighted by Crippen LogP contribution is -2.37. The molecule has 0 spiro atoms. The van der Waals surface area contributed by atoms with Crippen molar-refractivity contribution < 1.29 is 14.7 Å². The molecular weight excluding hydrogens is 426 g/mol. The predicted octanol–water partition coefficient (Wildman–Crippen LogP) is 5.01. The summed E-state index contributed by atoms with van der Waals surface area (Å²) >= 11 is 0. The zero-order valence-corrected chi connectivity index (χ0v) is 19.8. The number of likely N-dealkylation sites (tertiary alicyclic amines) is 1. The maximum absolute atomic E-state index is 13.7. The van der Waals surface area contributed by atoms with Gasteiger partial charge in [0.15, 0.2) is 0 Å². The fraction of sp³-hybridized carbons (Fsp3) is 0.357. The van der Waals surface area contributed by atoms with Gasteiger partial charge in [-0.15, -0.1) is 0 Å². The number of amides is 1. The van der Waals surface area contributed by atoms with Crippen LogP contribution in [0, 0.1) is 0 Å². The third-order valence-corrected chi connectivity index (χ3v) is 7.02. The quantitative estimate of drug-likeness (QED) is 0.577. The first-order chi connectivity index (χ1) is 16.3. The van der Waals surface area contributed by atoms with Gasteiger partial charge in [-0.25, -0.2) is 4.79 Å². The molecule has 0 aliphatic carbocycles. The maximum Gasteiger partial charge on any atom is 0.339 e. The number of fused-ring (bicyclic) bond motifs is 3. The Bertz CT molecular complexity index is 1280. The molecule has 0 radical (unpaired) electrons. The second-order valence-electron chi connectivity index (χ2n) is 10.1. The average molecular weight is 458 g/mol. The van der Waals surface area contributed by atoms with Crippen LogP contribution in [0.3, 0.4) is 0 Å². The molecule has 2 aliphatic heterocycles. The molecule has 1 fully saturated rings. The predicted molar refractivity (Wildman–Crippen MR) is 134 cm³/mol. The van der Waals surface area contributed by atoms with Crippen LogP contribution in [-0.2, 0) is 16.8 Å². The van der Waals surface area contributed by atoms with Gasteiger partial charge < -0.3 is 15.0 Å². The highest BCUT2D eigenvalue weighted by atomic mass is 16.4. The summed E-state index contributed by atoms with van der Waals surface area (Å²) in [5.74, 6) is -1.23. The maximum atomic E-state index is 13.7. The number of rotatable bonds is 4. The number of piperidine rings is 1. The number of benzene rings is 2. The number of hydrogen-bond acceptors (Lipinski definition) is 3. The molecule has 2 aliphatic rings. The summed E-state index contributed by atoms with van der Waals surface area (Å²) in [7, 11) is 0. The van der Waals surface area contributed by atoms with Gasteiger partial charge in [0.05, 0.1) is 11.3 Å². The van der Waals surface area contributed by atoms with Crippen molar-refractivity contribution in [2.75, 3.05) is 19.6 Å². The minimum atomic E-state index is -1.05. The molecule has 34 heavy (non-hydrogen) atoms. The van der Waals surface area contributed by atoms with Crippen LogP contribution in [0.1, 0.15) is 60.3 Å². The van der Waals surface area contributed by atoms with E-state index in [0.29, 0.717) is 17.8 Å². The number of carboxylic acids is 1. The number of nitrogens with zero attached hydrogens (tertiary/aromatic N) is 2. The SMILES string of the molecule is CC1(C)CN(C(=O)c2cccc(CN3CCCCC3)c2)C=C(C(=O)O)c2[nH]c3ccccc3c21. The first-order valence-electron chi connectivity index (χ1n) is 12.0. The molecule has 2 N–H and O–H groups in total. The first kappa shape index (κ1) is 22.4. The lowest BCUT2D eigenvalue weighted by atomic mass is 9.81. The minimum Gasteiger partial charge on any atom is -0.478 e. The molecule has 0 saturated carbocycles. The number of H-pyrrole nitrogens is 1. The van der Waals surface area contributed by atoms with Gasteiger partial charge in [-0.1, -0.05) is 50.6 Å². The molecule has 3 aromatic rings. The Labute approximate surface area is 199 Å². The van der Waals surface area contributed by atoms with Crippen LogP contribution in [0.4, 0.5) is 0 Å². The Balaban J connectivity index is 1.50. The molecule has 1 aromatic heterocycles. The molecule has 0 bridgehead atoms. The summed E-state index contributed by atoms with van der Waals surface area (Å²) in [6.07, 6.45) is 5.23. The number of carbonyl (C=O) groups excluding carboxylic acids is 1. The minimum absolute atomic E-state index is 0.106. The number of aromatic amines is 1. The normalized spacial score (nSPS) is 18.3. The van der Waals surface area contributed by atoms with Crippen LogP contribution in [0.2, 0.25) is 0 Å². The van der Waals surface area contributed by atoms with Crippen LogP contribution >= 0.6 is 0 Å². The second kappa shape index (κ2) is 8.76. The molecule has 6 nitrogen and oxygen atoms in total. The summed E-state index contributed by atoms with van der Waals surface area (Å²) in [4.78, 5) is 33.3. The van der Waals surface area contributed by atoms with Crippen molar-refractivity contribution >= 4 is 28.4 Å². The number of aliphatic carboxylic acids is 1. The van der Waals surface area contributed by atoms with Crippen molar-refractivity contribution in [1.82, 2.24) is 14.8 Å². The second-order valence-corrected chi connectivity index (χ2v) is 10.1. The number of carboxylic acid groups (broad SMARTS) is 1. The van der Waals surface area contributed by atoms with E-state index >= 15 is 0 Å². The molecule has 6 heteroatoms. The van der Waals surface area contributed by atoms with Crippen molar-refractivity contribution in [2.24, 2.45) is 0 Å². The average Bonchev–Trinajstić information content (AvgIpc) is 3.16. The molecule has 176 valence electrons. The Morgan fingerprint density at radius 2 is 1.79 bits per heavy atom. The summed E-state index contributed by atoms with van der Waals surface area (Å²) in [6, 6.07) is 15.6. The van der Waals surface area contributed by atoms with E-state index in [2.05, 4.69) is 29.8 Å².